The number of aliphatic hydroxyl groups excluding tert-OH is 1. The van der Waals surface area contributed by atoms with Crippen LogP contribution in [0.25, 0.3) is 0 Å². The van der Waals surface area contributed by atoms with Crippen LogP contribution in [-0.4, -0.2) is 49.3 Å². The maximum Gasteiger partial charge on any atom is 0.260 e. The third kappa shape index (κ3) is 3.87. The first kappa shape index (κ1) is 14.7. The molecule has 5 nitrogen and oxygen atoms in total. The molecule has 1 aromatic rings. The number of carbonyl (C=O) groups is 1. The molecule has 0 spiro atoms. The number of likely N-dealkylation sites (tertiary alicyclic amines) is 1. The summed E-state index contributed by atoms with van der Waals surface area (Å²) in [7, 11) is 1.61. The van der Waals surface area contributed by atoms with E-state index in [1.54, 1.807) is 36.3 Å². The first-order chi connectivity index (χ1) is 9.72. The van der Waals surface area contributed by atoms with Gasteiger partial charge in [0.05, 0.1) is 7.11 Å². The average Bonchev–Trinajstić information content (AvgIpc) is 2.53. The smallest absolute Gasteiger partial charge is 0.260 e. The summed E-state index contributed by atoms with van der Waals surface area (Å²) in [4.78, 5) is 13.8. The van der Waals surface area contributed by atoms with Crippen molar-refractivity contribution in [3.63, 3.8) is 0 Å². The van der Waals surface area contributed by atoms with E-state index in [2.05, 4.69) is 0 Å². The summed E-state index contributed by atoms with van der Waals surface area (Å²) in [5.74, 6) is 1.75. The van der Waals surface area contributed by atoms with Gasteiger partial charge in [-0.05, 0) is 43.0 Å². The molecule has 5 heteroatoms. The van der Waals surface area contributed by atoms with Crippen molar-refractivity contribution in [2.45, 2.75) is 12.8 Å². The second-order valence-corrected chi connectivity index (χ2v) is 4.97. The van der Waals surface area contributed by atoms with Crippen LogP contribution in [0.5, 0.6) is 11.5 Å². The maximum atomic E-state index is 12.0. The van der Waals surface area contributed by atoms with Crippen LogP contribution in [-0.2, 0) is 4.79 Å². The highest BCUT2D eigenvalue weighted by molar-refractivity contribution is 5.77. The van der Waals surface area contributed by atoms with Crippen LogP contribution in [0.2, 0.25) is 0 Å². The topological polar surface area (TPSA) is 59.0 Å². The van der Waals surface area contributed by atoms with Crippen LogP contribution >= 0.6 is 0 Å². The molecule has 1 aliphatic heterocycles. The minimum atomic E-state index is -0.00259. The summed E-state index contributed by atoms with van der Waals surface area (Å²) in [5, 5.41) is 9.07. The number of aliphatic hydroxyl groups is 1. The lowest BCUT2D eigenvalue weighted by Gasteiger charge is -2.31. The Balaban J connectivity index is 1.77. The fraction of sp³-hybridized carbons (Fsp3) is 0.533. The summed E-state index contributed by atoms with van der Waals surface area (Å²) in [5.41, 5.74) is 0. The molecule has 20 heavy (non-hydrogen) atoms. The van der Waals surface area contributed by atoms with E-state index in [1.807, 2.05) is 0 Å². The maximum absolute atomic E-state index is 12.0. The predicted octanol–water partition coefficient (Wildman–Crippen LogP) is 1.30. The van der Waals surface area contributed by atoms with Gasteiger partial charge < -0.3 is 19.5 Å². The van der Waals surface area contributed by atoms with E-state index >= 15 is 0 Å². The van der Waals surface area contributed by atoms with Gasteiger partial charge in [0.1, 0.15) is 11.5 Å². The number of hydrogen-bond donors (Lipinski definition) is 1. The molecule has 0 unspecified atom stereocenters. The van der Waals surface area contributed by atoms with Crippen molar-refractivity contribution in [2.24, 2.45) is 5.92 Å². The van der Waals surface area contributed by atoms with Crippen LogP contribution in [0.4, 0.5) is 0 Å². The van der Waals surface area contributed by atoms with E-state index in [-0.39, 0.29) is 19.1 Å². The Kier molecular flexibility index (Phi) is 5.24. The summed E-state index contributed by atoms with van der Waals surface area (Å²) in [6, 6.07) is 7.16. The number of rotatable bonds is 5. The van der Waals surface area contributed by atoms with Gasteiger partial charge in [-0.15, -0.1) is 0 Å². The van der Waals surface area contributed by atoms with Crippen LogP contribution in [0.15, 0.2) is 24.3 Å². The van der Waals surface area contributed by atoms with Gasteiger partial charge in [-0.25, -0.2) is 0 Å². The molecule has 1 aromatic carbocycles. The van der Waals surface area contributed by atoms with Crippen molar-refractivity contribution in [3.8, 4) is 11.5 Å². The fourth-order valence-electron chi connectivity index (χ4n) is 2.27. The zero-order chi connectivity index (χ0) is 14.4. The fourth-order valence-corrected chi connectivity index (χ4v) is 2.27. The van der Waals surface area contributed by atoms with Gasteiger partial charge in [0.25, 0.3) is 5.91 Å². The summed E-state index contributed by atoms with van der Waals surface area (Å²) < 4.78 is 10.5. The van der Waals surface area contributed by atoms with Gasteiger partial charge in [0, 0.05) is 19.7 Å². The van der Waals surface area contributed by atoms with Crippen LogP contribution in [0.1, 0.15) is 12.8 Å². The molecule has 110 valence electrons. The van der Waals surface area contributed by atoms with Gasteiger partial charge in [0.2, 0.25) is 0 Å². The lowest BCUT2D eigenvalue weighted by molar-refractivity contribution is -0.134. The SMILES string of the molecule is COc1ccc(OCC(=O)N2CCC(CO)CC2)cc1. The van der Waals surface area contributed by atoms with Crippen molar-refractivity contribution in [1.29, 1.82) is 0 Å². The predicted molar refractivity (Wildman–Crippen MR) is 74.9 cm³/mol. The zero-order valence-corrected chi connectivity index (χ0v) is 11.7. The third-order valence-electron chi connectivity index (χ3n) is 3.65. The number of nitrogens with zero attached hydrogens (tertiary/aromatic N) is 1. The molecule has 0 aliphatic carbocycles. The molecule has 0 aromatic heterocycles. The lowest BCUT2D eigenvalue weighted by Crippen LogP contribution is -2.41. The molecule has 0 bridgehead atoms. The van der Waals surface area contributed by atoms with Crippen molar-refractivity contribution in [2.75, 3.05) is 33.4 Å². The van der Waals surface area contributed by atoms with Crippen LogP contribution in [0.3, 0.4) is 0 Å². The standard InChI is InChI=1S/C15H21NO4/c1-19-13-2-4-14(5-3-13)20-11-15(18)16-8-6-12(10-17)7-9-16/h2-5,12,17H,6-11H2,1H3. The van der Waals surface area contributed by atoms with Crippen LogP contribution < -0.4 is 9.47 Å². The number of methoxy groups -OCH3 is 1. The van der Waals surface area contributed by atoms with Crippen molar-refractivity contribution in [3.05, 3.63) is 24.3 Å². The number of carbonyl (C=O) groups excluding carboxylic acids is 1. The van der Waals surface area contributed by atoms with Gasteiger partial charge >= 0.3 is 0 Å². The first-order valence-corrected chi connectivity index (χ1v) is 6.88. The van der Waals surface area contributed by atoms with Gasteiger partial charge in [-0.2, -0.15) is 0 Å². The van der Waals surface area contributed by atoms with E-state index in [9.17, 15) is 4.79 Å². The largest absolute Gasteiger partial charge is 0.497 e. The molecule has 1 heterocycles. The zero-order valence-electron chi connectivity index (χ0n) is 11.7. The number of benzene rings is 1. The molecule has 0 radical (unpaired) electrons. The van der Waals surface area contributed by atoms with Gasteiger partial charge in [-0.1, -0.05) is 0 Å². The molecule has 0 saturated carbocycles. The molecule has 1 N–H and O–H groups in total. The van der Waals surface area contributed by atoms with E-state index in [4.69, 9.17) is 14.6 Å². The Hall–Kier alpha value is -1.75. The average molecular weight is 279 g/mol. The minimum absolute atomic E-state index is 0.00259. The summed E-state index contributed by atoms with van der Waals surface area (Å²) in [6.45, 7) is 1.67. The molecule has 1 fully saturated rings. The summed E-state index contributed by atoms with van der Waals surface area (Å²) in [6.07, 6.45) is 1.73. The van der Waals surface area contributed by atoms with E-state index in [0.29, 0.717) is 24.8 Å². The highest BCUT2D eigenvalue weighted by atomic mass is 16.5. The van der Waals surface area contributed by atoms with Crippen molar-refractivity contribution < 1.29 is 19.4 Å². The molecule has 1 aliphatic rings. The number of hydrogen-bond acceptors (Lipinski definition) is 4. The van der Waals surface area contributed by atoms with E-state index < -0.39 is 0 Å². The second-order valence-electron chi connectivity index (χ2n) is 4.97. The molecule has 0 atom stereocenters. The third-order valence-corrected chi connectivity index (χ3v) is 3.65. The monoisotopic (exact) mass is 279 g/mol. The minimum Gasteiger partial charge on any atom is -0.497 e. The number of amides is 1. The molecule has 2 rings (SSSR count). The Bertz CT molecular complexity index is 424. The summed E-state index contributed by atoms with van der Waals surface area (Å²) >= 11 is 0. The van der Waals surface area contributed by atoms with Gasteiger partial charge in [-0.3, -0.25) is 4.79 Å². The number of piperidine rings is 1. The molecule has 1 amide bonds. The lowest BCUT2D eigenvalue weighted by atomic mass is 9.98. The quantitative estimate of drug-likeness (QED) is 0.882. The Morgan fingerprint density at radius 2 is 1.85 bits per heavy atom. The van der Waals surface area contributed by atoms with Crippen molar-refractivity contribution >= 4 is 5.91 Å². The molecular formula is C15H21NO4. The van der Waals surface area contributed by atoms with Crippen LogP contribution in [0, 0.1) is 5.92 Å². The Morgan fingerprint density at radius 1 is 1.25 bits per heavy atom. The molecule has 1 saturated heterocycles. The second kappa shape index (κ2) is 7.14. The number of ether oxygens (including phenoxy) is 2. The normalized spacial score (nSPS) is 16.0. The first-order valence-electron chi connectivity index (χ1n) is 6.88. The molecular weight excluding hydrogens is 258 g/mol. The Labute approximate surface area is 119 Å². The van der Waals surface area contributed by atoms with Gasteiger partial charge in [0.15, 0.2) is 6.61 Å². The van der Waals surface area contributed by atoms with Crippen molar-refractivity contribution in [1.82, 2.24) is 4.90 Å². The van der Waals surface area contributed by atoms with E-state index in [1.165, 1.54) is 0 Å². The highest BCUT2D eigenvalue weighted by Crippen LogP contribution is 2.18. The van der Waals surface area contributed by atoms with E-state index in [0.717, 1.165) is 18.6 Å². The Morgan fingerprint density at radius 3 is 2.40 bits per heavy atom. The highest BCUT2D eigenvalue weighted by Gasteiger charge is 2.22.